The molecule has 2 aromatic heterocycles. The molecule has 1 fully saturated rings. The number of phosphoric ester groups is 1. The molecule has 0 radical (unpaired) electrons. The number of amides is 2. The number of fused-ring (bicyclic) bond motifs is 3. The van der Waals surface area contributed by atoms with Gasteiger partial charge in [-0.3, -0.25) is 24.2 Å². The second kappa shape index (κ2) is 13.9. The number of unbranched alkanes of at least 4 members (excludes halogenated alkanes) is 1. The number of nitrogens with zero attached hydrogens (tertiary/aromatic N) is 4. The second-order valence-electron chi connectivity index (χ2n) is 11.2. The number of phenols is 1. The predicted molar refractivity (Wildman–Crippen MR) is 168 cm³/mol. The third kappa shape index (κ3) is 7.94. The zero-order valence-corrected chi connectivity index (χ0v) is 26.4. The smallest absolute Gasteiger partial charge is 0.508 e. The van der Waals surface area contributed by atoms with E-state index in [9.17, 15) is 38.6 Å². The number of aryl methyl sites for hydroxylation is 2. The van der Waals surface area contributed by atoms with Crippen LogP contribution < -0.4 is 10.3 Å². The van der Waals surface area contributed by atoms with E-state index < -0.39 is 25.6 Å². The van der Waals surface area contributed by atoms with Crippen molar-refractivity contribution in [1.29, 1.82) is 0 Å². The normalized spacial score (nSPS) is 13.6. The highest BCUT2D eigenvalue weighted by Crippen LogP contribution is 2.41. The summed E-state index contributed by atoms with van der Waals surface area (Å²) in [4.78, 5) is 81.1. The molecule has 0 unspecified atom stereocenters. The molecule has 2 aromatic carbocycles. The molecule has 248 valence electrons. The summed E-state index contributed by atoms with van der Waals surface area (Å²) in [5.41, 5.74) is 9.05. The average molecular weight is 668 g/mol. The molecule has 0 bridgehead atoms. The van der Waals surface area contributed by atoms with E-state index in [4.69, 9.17) is 20.1 Å². The van der Waals surface area contributed by atoms with Crippen molar-refractivity contribution in [2.75, 3.05) is 5.73 Å². The van der Waals surface area contributed by atoms with Gasteiger partial charge in [-0.15, -0.1) is 5.06 Å². The molecule has 47 heavy (non-hydrogen) atoms. The minimum Gasteiger partial charge on any atom is -0.508 e. The van der Waals surface area contributed by atoms with E-state index in [0.717, 1.165) is 18.4 Å². The third-order valence-corrected chi connectivity index (χ3v) is 8.12. The predicted octanol–water partition coefficient (Wildman–Crippen LogP) is 3.62. The standard InChI is InChI=1S/C31H34N5O10P/c1-2-3-4-25-34-29-30(35(25)17-19-16-21(38)8-11-24(19)46-47(42,43)44)22-15-18(6-10-23(22)33-31(29)32)5-7-20(37)9-14-28(41)45-36-26(39)12-13-27(36)40/h6,8,10-11,15-16,38H,2-5,7,9,12-14,17H2,1H3,(H2,32,33)(H2,42,43,44). The van der Waals surface area contributed by atoms with Crippen LogP contribution in [0.5, 0.6) is 11.5 Å². The highest BCUT2D eigenvalue weighted by atomic mass is 31.2. The first-order chi connectivity index (χ1) is 22.3. The zero-order valence-electron chi connectivity index (χ0n) is 25.5. The molecule has 2 amide bonds. The van der Waals surface area contributed by atoms with Gasteiger partial charge in [0.25, 0.3) is 11.8 Å². The SMILES string of the molecule is CCCCc1nc2c(N)nc3ccc(CCC(=O)CCC(=O)ON4C(=O)CCC4=O)cc3c2n1Cc1cc(O)ccc1OP(=O)(O)O. The lowest BCUT2D eigenvalue weighted by Crippen LogP contribution is -2.32. The Morgan fingerprint density at radius 3 is 2.45 bits per heavy atom. The molecular weight excluding hydrogens is 633 g/mol. The Bertz CT molecular complexity index is 1920. The number of hydroxylamine groups is 2. The Kier molecular flexibility index (Phi) is 9.89. The number of pyridine rings is 1. The van der Waals surface area contributed by atoms with Crippen LogP contribution in [-0.4, -0.2) is 58.1 Å². The van der Waals surface area contributed by atoms with Crippen LogP contribution in [0.1, 0.15) is 68.8 Å². The lowest BCUT2D eigenvalue weighted by molar-refractivity contribution is -0.197. The number of rotatable bonds is 14. The maximum absolute atomic E-state index is 12.6. The number of carbonyl (C=O) groups excluding carboxylic acids is 4. The molecule has 1 aliphatic rings. The molecule has 15 nitrogen and oxygen atoms in total. The molecule has 1 aliphatic heterocycles. The quantitative estimate of drug-likeness (QED) is 0.111. The van der Waals surface area contributed by atoms with Crippen LogP contribution in [0.3, 0.4) is 0 Å². The number of Topliss-reactive ketones (excluding diaryl/α,β-unsaturated/α-hetero) is 1. The lowest BCUT2D eigenvalue weighted by atomic mass is 10.0. The number of imide groups is 1. The summed E-state index contributed by atoms with van der Waals surface area (Å²) in [6, 6.07) is 9.36. The Morgan fingerprint density at radius 1 is 1.00 bits per heavy atom. The minimum absolute atomic E-state index is 0.0199. The van der Waals surface area contributed by atoms with Crippen molar-refractivity contribution >= 4 is 59.1 Å². The number of anilines is 1. The van der Waals surface area contributed by atoms with E-state index in [1.807, 2.05) is 23.6 Å². The van der Waals surface area contributed by atoms with Gasteiger partial charge in [0.2, 0.25) is 0 Å². The van der Waals surface area contributed by atoms with Crippen LogP contribution in [0, 0.1) is 0 Å². The number of carbonyl (C=O) groups is 4. The van der Waals surface area contributed by atoms with Gasteiger partial charge in [-0.1, -0.05) is 19.4 Å². The number of hydrogen-bond acceptors (Lipinski definition) is 11. The third-order valence-electron chi connectivity index (χ3n) is 7.69. The molecule has 5 N–H and O–H groups in total. The number of benzene rings is 2. The molecule has 5 rings (SSSR count). The van der Waals surface area contributed by atoms with Gasteiger partial charge in [0.1, 0.15) is 28.6 Å². The fourth-order valence-corrected chi connectivity index (χ4v) is 5.82. The maximum atomic E-state index is 12.6. The molecule has 16 heteroatoms. The number of nitrogen functional groups attached to an aromatic ring is 1. The van der Waals surface area contributed by atoms with Gasteiger partial charge in [-0.2, -0.15) is 0 Å². The molecular formula is C31H34N5O10P. The number of nitrogens with two attached hydrogens (primary N) is 1. The van der Waals surface area contributed by atoms with Crippen molar-refractivity contribution in [3.63, 3.8) is 0 Å². The fraction of sp³-hybridized carbons (Fsp3) is 0.355. The minimum atomic E-state index is -4.91. The van der Waals surface area contributed by atoms with E-state index in [2.05, 4.69) is 4.98 Å². The van der Waals surface area contributed by atoms with E-state index in [1.165, 1.54) is 18.2 Å². The Morgan fingerprint density at radius 2 is 1.74 bits per heavy atom. The summed E-state index contributed by atoms with van der Waals surface area (Å²) in [5.74, 6) is -1.62. The largest absolute Gasteiger partial charge is 0.524 e. The molecule has 3 heterocycles. The number of ketones is 1. The summed E-state index contributed by atoms with van der Waals surface area (Å²) in [5, 5.41) is 11.3. The first kappa shape index (κ1) is 33.5. The van der Waals surface area contributed by atoms with Gasteiger partial charge in [0, 0.05) is 43.1 Å². The van der Waals surface area contributed by atoms with Crippen molar-refractivity contribution in [3.05, 3.63) is 53.3 Å². The van der Waals surface area contributed by atoms with Crippen molar-refractivity contribution in [2.24, 2.45) is 0 Å². The molecule has 0 aliphatic carbocycles. The van der Waals surface area contributed by atoms with Gasteiger partial charge in [-0.25, -0.2) is 19.3 Å². The summed E-state index contributed by atoms with van der Waals surface area (Å²) in [6.07, 6.45) is 2.24. The van der Waals surface area contributed by atoms with Gasteiger partial charge >= 0.3 is 13.8 Å². The van der Waals surface area contributed by atoms with Crippen molar-refractivity contribution in [2.45, 2.75) is 71.3 Å². The van der Waals surface area contributed by atoms with Crippen LogP contribution >= 0.6 is 7.82 Å². The lowest BCUT2D eigenvalue weighted by Gasteiger charge is -2.16. The topological polar surface area (TPSA) is 224 Å². The summed E-state index contributed by atoms with van der Waals surface area (Å²) < 4.78 is 18.5. The van der Waals surface area contributed by atoms with E-state index >= 15 is 0 Å². The molecule has 4 aromatic rings. The van der Waals surface area contributed by atoms with E-state index in [-0.39, 0.29) is 61.7 Å². The second-order valence-corrected chi connectivity index (χ2v) is 12.4. The highest BCUT2D eigenvalue weighted by molar-refractivity contribution is 7.46. The molecule has 1 saturated heterocycles. The van der Waals surface area contributed by atoms with Crippen molar-refractivity contribution in [1.82, 2.24) is 19.6 Å². The summed E-state index contributed by atoms with van der Waals surface area (Å²) in [7, 11) is -4.91. The number of phosphoric acid groups is 1. The van der Waals surface area contributed by atoms with Crippen molar-refractivity contribution < 1.29 is 48.0 Å². The summed E-state index contributed by atoms with van der Waals surface area (Å²) in [6.45, 7) is 2.07. The Hall–Kier alpha value is -4.85. The molecule has 0 spiro atoms. The highest BCUT2D eigenvalue weighted by Gasteiger charge is 2.32. The molecule has 0 atom stereocenters. The zero-order chi connectivity index (χ0) is 33.9. The van der Waals surface area contributed by atoms with Crippen LogP contribution in [0.2, 0.25) is 0 Å². The fourth-order valence-electron chi connectivity index (χ4n) is 5.39. The van der Waals surface area contributed by atoms with Gasteiger partial charge < -0.3 is 24.8 Å². The van der Waals surface area contributed by atoms with Gasteiger partial charge in [0.05, 0.1) is 24.0 Å². The first-order valence-corrected chi connectivity index (χ1v) is 16.6. The average Bonchev–Trinajstić information content (AvgIpc) is 3.54. The maximum Gasteiger partial charge on any atom is 0.524 e. The number of aromatic nitrogens is 3. The van der Waals surface area contributed by atoms with Gasteiger partial charge in [-0.05, 0) is 48.7 Å². The number of imidazole rings is 1. The van der Waals surface area contributed by atoms with E-state index in [0.29, 0.717) is 51.2 Å². The first-order valence-electron chi connectivity index (χ1n) is 15.1. The van der Waals surface area contributed by atoms with Gasteiger partial charge in [0.15, 0.2) is 5.82 Å². The van der Waals surface area contributed by atoms with Crippen LogP contribution in [0.4, 0.5) is 5.82 Å². The number of aromatic hydroxyl groups is 1. The van der Waals surface area contributed by atoms with Crippen molar-refractivity contribution in [3.8, 4) is 11.5 Å². The Balaban J connectivity index is 1.42. The monoisotopic (exact) mass is 667 g/mol. The molecule has 0 saturated carbocycles. The van der Waals surface area contributed by atoms with E-state index in [1.54, 1.807) is 6.07 Å². The number of hydrogen-bond donors (Lipinski definition) is 4. The summed E-state index contributed by atoms with van der Waals surface area (Å²) >= 11 is 0. The number of phenolic OH excluding ortho intramolecular Hbond substituents is 1. The Labute approximate surface area is 268 Å². The van der Waals surface area contributed by atoms with Crippen LogP contribution in [0.15, 0.2) is 36.4 Å². The van der Waals surface area contributed by atoms with Crippen LogP contribution in [0.25, 0.3) is 21.9 Å². The van der Waals surface area contributed by atoms with Crippen LogP contribution in [-0.2, 0) is 48.0 Å².